The SMILES string of the molecule is CCO[C@@H]1[C@H](c2ccccc2)C(=[N+](C)C)N1c1ccccc1.O=S(=O)([O-])C(F)(F)F. The number of alkyl halides is 3. The number of hydrogen-bond donors (Lipinski definition) is 0. The zero-order chi connectivity index (χ0) is 22.5. The summed E-state index contributed by atoms with van der Waals surface area (Å²) >= 11 is 0. The molecular formula is C20H23F3N2O4S. The Hall–Kier alpha value is -2.43. The molecule has 0 amide bonds. The molecule has 1 aliphatic rings. The predicted molar refractivity (Wildman–Crippen MR) is 106 cm³/mol. The number of nitrogens with zero attached hydrogens (tertiary/aromatic N) is 2. The number of para-hydroxylation sites is 1. The number of anilines is 1. The van der Waals surface area contributed by atoms with Crippen LogP contribution in [0.3, 0.4) is 0 Å². The molecule has 0 unspecified atom stereocenters. The second kappa shape index (κ2) is 9.59. The van der Waals surface area contributed by atoms with Crippen LogP contribution in [0, 0.1) is 0 Å². The summed E-state index contributed by atoms with van der Waals surface area (Å²) < 4.78 is 67.2. The molecule has 0 saturated carbocycles. The molecule has 2 atom stereocenters. The number of benzene rings is 2. The molecule has 1 fully saturated rings. The van der Waals surface area contributed by atoms with E-state index in [1.807, 2.05) is 6.07 Å². The third kappa shape index (κ3) is 5.38. The van der Waals surface area contributed by atoms with E-state index in [0.29, 0.717) is 6.61 Å². The van der Waals surface area contributed by atoms with E-state index in [0.717, 1.165) is 0 Å². The zero-order valence-corrected chi connectivity index (χ0v) is 17.5. The largest absolute Gasteiger partial charge is 0.741 e. The van der Waals surface area contributed by atoms with E-state index in [1.54, 1.807) is 0 Å². The Balaban J connectivity index is 0.000000343. The van der Waals surface area contributed by atoms with Gasteiger partial charge in [0.15, 0.2) is 16.0 Å². The first-order chi connectivity index (χ1) is 14.0. The lowest BCUT2D eigenvalue weighted by Gasteiger charge is -2.43. The molecule has 2 aromatic rings. The molecule has 2 aromatic carbocycles. The fourth-order valence-corrected chi connectivity index (χ4v) is 3.15. The summed E-state index contributed by atoms with van der Waals surface area (Å²) in [6, 6.07) is 21.1. The van der Waals surface area contributed by atoms with Gasteiger partial charge in [0.05, 0.1) is 14.1 Å². The Morgan fingerprint density at radius 3 is 1.90 bits per heavy atom. The van der Waals surface area contributed by atoms with E-state index < -0.39 is 15.6 Å². The van der Waals surface area contributed by atoms with Crippen molar-refractivity contribution >= 4 is 21.6 Å². The van der Waals surface area contributed by atoms with Crippen molar-refractivity contribution < 1.29 is 35.5 Å². The normalized spacial score (nSPS) is 18.9. The van der Waals surface area contributed by atoms with E-state index in [1.165, 1.54) is 17.1 Å². The minimum absolute atomic E-state index is 0.0483. The number of hydrogen-bond acceptors (Lipinski definition) is 4. The first-order valence-corrected chi connectivity index (χ1v) is 10.5. The summed E-state index contributed by atoms with van der Waals surface area (Å²) in [5, 5.41) is 0. The lowest BCUT2D eigenvalue weighted by molar-refractivity contribution is -0.470. The number of amidine groups is 1. The third-order valence-corrected chi connectivity index (χ3v) is 4.90. The Bertz CT molecular complexity index is 911. The van der Waals surface area contributed by atoms with Gasteiger partial charge in [-0.1, -0.05) is 48.5 Å². The lowest BCUT2D eigenvalue weighted by atomic mass is 9.86. The van der Waals surface area contributed by atoms with E-state index in [2.05, 4.69) is 85.1 Å². The Morgan fingerprint density at radius 1 is 1.03 bits per heavy atom. The van der Waals surface area contributed by atoms with Crippen LogP contribution in [0.5, 0.6) is 0 Å². The van der Waals surface area contributed by atoms with Crippen molar-refractivity contribution in [2.24, 2.45) is 0 Å². The smallest absolute Gasteiger partial charge is 0.485 e. The molecule has 10 heteroatoms. The summed E-state index contributed by atoms with van der Waals surface area (Å²) in [6.07, 6.45) is 0.0483. The van der Waals surface area contributed by atoms with Gasteiger partial charge in [-0.15, -0.1) is 0 Å². The molecule has 0 aliphatic carbocycles. The molecule has 0 N–H and O–H groups in total. The number of halogens is 3. The van der Waals surface area contributed by atoms with Crippen LogP contribution in [0.4, 0.5) is 18.9 Å². The number of rotatable bonds is 4. The van der Waals surface area contributed by atoms with Crippen LogP contribution in [0.1, 0.15) is 18.4 Å². The van der Waals surface area contributed by atoms with Crippen LogP contribution in [0.2, 0.25) is 0 Å². The van der Waals surface area contributed by atoms with Gasteiger partial charge < -0.3 is 9.29 Å². The highest BCUT2D eigenvalue weighted by Gasteiger charge is 2.55. The highest BCUT2D eigenvalue weighted by atomic mass is 32.2. The second-order valence-electron chi connectivity index (χ2n) is 6.59. The zero-order valence-electron chi connectivity index (χ0n) is 16.7. The minimum atomic E-state index is -6.09. The molecule has 1 saturated heterocycles. The Labute approximate surface area is 174 Å². The summed E-state index contributed by atoms with van der Waals surface area (Å²) in [6.45, 7) is 2.76. The van der Waals surface area contributed by atoms with Crippen LogP contribution >= 0.6 is 0 Å². The van der Waals surface area contributed by atoms with Crippen molar-refractivity contribution in [2.75, 3.05) is 25.6 Å². The van der Waals surface area contributed by atoms with E-state index in [9.17, 15) is 13.2 Å². The molecule has 0 radical (unpaired) electrons. The van der Waals surface area contributed by atoms with Gasteiger partial charge in [-0.3, -0.25) is 4.58 Å². The summed E-state index contributed by atoms with van der Waals surface area (Å²) in [5.41, 5.74) is -3.17. The average molecular weight is 444 g/mol. The standard InChI is InChI=1S/C19H23N2O.CHF3O3S/c1-4-22-19-17(15-11-7-5-8-12-15)18(20(2)3)21(19)16-13-9-6-10-14-16;2-1(3,4)8(5,6)7/h5-14,17,19H,4H2,1-3H3;(H,5,6,7)/q+1;/p-1/t17-,19-;/m1./s1. The van der Waals surface area contributed by atoms with Gasteiger partial charge in [0.25, 0.3) is 5.84 Å². The quantitative estimate of drug-likeness (QED) is 0.411. The Morgan fingerprint density at radius 2 is 1.50 bits per heavy atom. The molecule has 0 aromatic heterocycles. The number of ether oxygens (including phenoxy) is 1. The summed E-state index contributed by atoms with van der Waals surface area (Å²) in [5.74, 6) is 1.55. The van der Waals surface area contributed by atoms with Crippen LogP contribution in [-0.2, 0) is 14.9 Å². The van der Waals surface area contributed by atoms with E-state index >= 15 is 0 Å². The van der Waals surface area contributed by atoms with Crippen molar-refractivity contribution in [1.82, 2.24) is 0 Å². The highest BCUT2D eigenvalue weighted by Crippen LogP contribution is 2.40. The average Bonchev–Trinajstić information content (AvgIpc) is 2.65. The maximum atomic E-state index is 10.7. The highest BCUT2D eigenvalue weighted by molar-refractivity contribution is 7.86. The maximum Gasteiger partial charge on any atom is 0.485 e. The topological polar surface area (TPSA) is 72.7 Å². The van der Waals surface area contributed by atoms with Gasteiger partial charge >= 0.3 is 5.51 Å². The van der Waals surface area contributed by atoms with E-state index in [-0.39, 0.29) is 12.1 Å². The van der Waals surface area contributed by atoms with Crippen molar-refractivity contribution in [1.29, 1.82) is 0 Å². The van der Waals surface area contributed by atoms with Gasteiger partial charge in [-0.05, 0) is 24.6 Å². The molecule has 0 spiro atoms. The van der Waals surface area contributed by atoms with Gasteiger partial charge in [0.1, 0.15) is 5.69 Å². The molecule has 30 heavy (non-hydrogen) atoms. The Kier molecular flexibility index (Phi) is 7.62. The van der Waals surface area contributed by atoms with Crippen LogP contribution in [-0.4, -0.2) is 55.8 Å². The fraction of sp³-hybridized carbons (Fsp3) is 0.350. The summed E-state index contributed by atoms with van der Waals surface area (Å²) in [7, 11) is -1.89. The molecule has 6 nitrogen and oxygen atoms in total. The second-order valence-corrected chi connectivity index (χ2v) is 7.96. The molecule has 1 aliphatic heterocycles. The van der Waals surface area contributed by atoms with Crippen LogP contribution in [0.25, 0.3) is 0 Å². The molecule has 1 heterocycles. The van der Waals surface area contributed by atoms with Crippen molar-refractivity contribution in [3.8, 4) is 0 Å². The monoisotopic (exact) mass is 444 g/mol. The van der Waals surface area contributed by atoms with Crippen LogP contribution < -0.4 is 4.90 Å². The van der Waals surface area contributed by atoms with Gasteiger partial charge in [0, 0.05) is 6.61 Å². The van der Waals surface area contributed by atoms with Gasteiger partial charge in [0.2, 0.25) is 6.23 Å². The first-order valence-electron chi connectivity index (χ1n) is 9.06. The lowest BCUT2D eigenvalue weighted by Crippen LogP contribution is -2.63. The van der Waals surface area contributed by atoms with Gasteiger partial charge in [-0.25, -0.2) is 13.3 Å². The van der Waals surface area contributed by atoms with Crippen molar-refractivity contribution in [3.05, 3.63) is 66.2 Å². The van der Waals surface area contributed by atoms with Crippen molar-refractivity contribution in [3.63, 3.8) is 0 Å². The summed E-state index contributed by atoms with van der Waals surface area (Å²) in [4.78, 5) is 2.29. The fourth-order valence-electron chi connectivity index (χ4n) is 3.15. The van der Waals surface area contributed by atoms with Gasteiger partial charge in [-0.2, -0.15) is 13.2 Å². The molecular weight excluding hydrogens is 421 g/mol. The minimum Gasteiger partial charge on any atom is -0.741 e. The van der Waals surface area contributed by atoms with Crippen LogP contribution in [0.15, 0.2) is 60.7 Å². The molecule has 0 bridgehead atoms. The molecule has 3 rings (SSSR count). The first kappa shape index (κ1) is 23.8. The predicted octanol–water partition coefficient (Wildman–Crippen LogP) is 3.38. The maximum absolute atomic E-state index is 10.7. The van der Waals surface area contributed by atoms with E-state index in [4.69, 9.17) is 17.7 Å². The molecule has 164 valence electrons. The third-order valence-electron chi connectivity index (χ3n) is 4.34. The van der Waals surface area contributed by atoms with Crippen molar-refractivity contribution in [2.45, 2.75) is 24.6 Å².